The van der Waals surface area contributed by atoms with E-state index in [-0.39, 0.29) is 0 Å². The molecule has 0 fully saturated rings. The van der Waals surface area contributed by atoms with Gasteiger partial charge < -0.3 is 4.74 Å². The average molecular weight is 471 g/mol. The van der Waals surface area contributed by atoms with E-state index >= 15 is 0 Å². The zero-order chi connectivity index (χ0) is 23.8. The third kappa shape index (κ3) is 6.36. The van der Waals surface area contributed by atoms with Crippen LogP contribution in [-0.2, 0) is 25.2 Å². The van der Waals surface area contributed by atoms with E-state index < -0.39 is 0 Å². The Kier molecular flexibility index (Phi) is 8.93. The number of hydrogen-bond acceptors (Lipinski definition) is 2. The first kappa shape index (κ1) is 24.7. The third-order valence-corrected chi connectivity index (χ3v) is 8.09. The highest BCUT2D eigenvalue weighted by Crippen LogP contribution is 2.40. The average Bonchev–Trinajstić information content (AvgIpc) is 3.37. The van der Waals surface area contributed by atoms with Gasteiger partial charge in [-0.05, 0) is 90.5 Å². The summed E-state index contributed by atoms with van der Waals surface area (Å²) in [5.74, 6) is 2.54. The van der Waals surface area contributed by atoms with Gasteiger partial charge in [-0.15, -0.1) is 11.8 Å². The van der Waals surface area contributed by atoms with E-state index in [2.05, 4.69) is 69.0 Å². The Morgan fingerprint density at radius 3 is 2.41 bits per heavy atom. The number of benzene rings is 3. The fourth-order valence-electron chi connectivity index (χ4n) is 5.08. The molecule has 0 radical (unpaired) electrons. The standard InChI is InChI=1S/C32H38OS/c1-4-10-24(3)21-27(5-2)29-19-20-32(31-14-9-13-30(29)31)34-23-26-15-17-28(18-16-26)33-22-25-11-7-6-8-12-25/h6-8,11-12,15-20,27H,3-5,9-10,13-14,21-23H2,1-2H3. The van der Waals surface area contributed by atoms with E-state index in [0.717, 1.165) is 24.3 Å². The van der Waals surface area contributed by atoms with Gasteiger partial charge in [0.2, 0.25) is 0 Å². The molecule has 4 rings (SSSR count). The van der Waals surface area contributed by atoms with Gasteiger partial charge in [0.25, 0.3) is 0 Å². The molecule has 0 aliphatic heterocycles. The maximum Gasteiger partial charge on any atom is 0.119 e. The molecule has 0 saturated carbocycles. The number of rotatable bonds is 12. The molecule has 1 unspecified atom stereocenters. The van der Waals surface area contributed by atoms with Crippen molar-refractivity contribution in [1.82, 2.24) is 0 Å². The lowest BCUT2D eigenvalue weighted by Crippen LogP contribution is -2.04. The lowest BCUT2D eigenvalue weighted by Gasteiger charge is -2.21. The molecule has 1 aliphatic carbocycles. The molecule has 3 aromatic rings. The van der Waals surface area contributed by atoms with Crippen LogP contribution in [-0.4, -0.2) is 0 Å². The first-order valence-electron chi connectivity index (χ1n) is 12.9. The number of thioether (sulfide) groups is 1. The van der Waals surface area contributed by atoms with Crippen LogP contribution in [0, 0.1) is 0 Å². The van der Waals surface area contributed by atoms with Crippen LogP contribution in [0.4, 0.5) is 0 Å². The van der Waals surface area contributed by atoms with Gasteiger partial charge in [-0.25, -0.2) is 0 Å². The molecule has 0 spiro atoms. The van der Waals surface area contributed by atoms with Crippen molar-refractivity contribution in [3.05, 3.63) is 107 Å². The van der Waals surface area contributed by atoms with Crippen LogP contribution in [0.25, 0.3) is 0 Å². The van der Waals surface area contributed by atoms with Gasteiger partial charge in [-0.3, -0.25) is 0 Å². The van der Waals surface area contributed by atoms with E-state index in [0.29, 0.717) is 12.5 Å². The van der Waals surface area contributed by atoms with Gasteiger partial charge in [-0.2, -0.15) is 0 Å². The van der Waals surface area contributed by atoms with Crippen LogP contribution in [0.3, 0.4) is 0 Å². The lowest BCUT2D eigenvalue weighted by atomic mass is 9.85. The summed E-state index contributed by atoms with van der Waals surface area (Å²) in [5, 5.41) is 0. The van der Waals surface area contributed by atoms with Crippen LogP contribution >= 0.6 is 11.8 Å². The Bertz CT molecular complexity index is 1070. The van der Waals surface area contributed by atoms with Gasteiger partial charge >= 0.3 is 0 Å². The van der Waals surface area contributed by atoms with Gasteiger partial charge in [0, 0.05) is 10.6 Å². The van der Waals surface area contributed by atoms with Crippen molar-refractivity contribution < 1.29 is 4.74 Å². The summed E-state index contributed by atoms with van der Waals surface area (Å²) >= 11 is 1.99. The first-order chi connectivity index (χ1) is 16.7. The van der Waals surface area contributed by atoms with E-state index in [1.807, 2.05) is 30.0 Å². The van der Waals surface area contributed by atoms with Crippen molar-refractivity contribution in [3.63, 3.8) is 0 Å². The zero-order valence-electron chi connectivity index (χ0n) is 20.8. The fraction of sp³-hybridized carbons (Fsp3) is 0.375. The zero-order valence-corrected chi connectivity index (χ0v) is 21.6. The van der Waals surface area contributed by atoms with E-state index in [4.69, 9.17) is 4.74 Å². The number of ether oxygens (including phenoxy) is 1. The maximum absolute atomic E-state index is 5.95. The number of hydrogen-bond donors (Lipinski definition) is 0. The summed E-state index contributed by atoms with van der Waals surface area (Å²) in [7, 11) is 0. The Labute approximate surface area is 210 Å². The van der Waals surface area contributed by atoms with Gasteiger partial charge in [-0.1, -0.05) is 81.0 Å². The van der Waals surface area contributed by atoms with Crippen molar-refractivity contribution >= 4 is 11.8 Å². The van der Waals surface area contributed by atoms with Gasteiger partial charge in [0.1, 0.15) is 12.4 Å². The molecular weight excluding hydrogens is 432 g/mol. The molecule has 2 heteroatoms. The largest absolute Gasteiger partial charge is 0.489 e. The summed E-state index contributed by atoms with van der Waals surface area (Å²) in [4.78, 5) is 1.47. The normalized spacial score (nSPS) is 13.5. The SMILES string of the molecule is C=C(CCC)CC(CC)c1ccc(SCc2ccc(OCc3ccccc3)cc2)c2c1CCC2. The fourth-order valence-corrected chi connectivity index (χ4v) is 6.16. The molecular formula is C32H38OS. The molecule has 1 nitrogen and oxygen atoms in total. The summed E-state index contributed by atoms with van der Waals surface area (Å²) in [6.07, 6.45) is 8.45. The number of allylic oxidation sites excluding steroid dienone is 1. The predicted octanol–water partition coefficient (Wildman–Crippen LogP) is 9.29. The lowest BCUT2D eigenvalue weighted by molar-refractivity contribution is 0.306. The van der Waals surface area contributed by atoms with Crippen LogP contribution < -0.4 is 4.74 Å². The Balaban J connectivity index is 1.38. The van der Waals surface area contributed by atoms with E-state index in [1.54, 1.807) is 16.7 Å². The third-order valence-electron chi connectivity index (χ3n) is 6.92. The van der Waals surface area contributed by atoms with Gasteiger partial charge in [0.05, 0.1) is 0 Å². The topological polar surface area (TPSA) is 9.23 Å². The second kappa shape index (κ2) is 12.3. The Hall–Kier alpha value is -2.45. The number of fused-ring (bicyclic) bond motifs is 1. The maximum atomic E-state index is 5.95. The van der Waals surface area contributed by atoms with Crippen molar-refractivity contribution in [3.8, 4) is 5.75 Å². The quantitative estimate of drug-likeness (QED) is 0.193. The molecule has 0 amide bonds. The van der Waals surface area contributed by atoms with Crippen molar-refractivity contribution in [1.29, 1.82) is 0 Å². The minimum Gasteiger partial charge on any atom is -0.489 e. The molecule has 178 valence electrons. The molecule has 0 N–H and O–H groups in total. The van der Waals surface area contributed by atoms with Crippen LogP contribution in [0.2, 0.25) is 0 Å². The predicted molar refractivity (Wildman–Crippen MR) is 147 cm³/mol. The molecule has 0 aromatic heterocycles. The Morgan fingerprint density at radius 1 is 0.912 bits per heavy atom. The van der Waals surface area contributed by atoms with Gasteiger partial charge in [0.15, 0.2) is 0 Å². The molecule has 34 heavy (non-hydrogen) atoms. The molecule has 0 bridgehead atoms. The summed E-state index contributed by atoms with van der Waals surface area (Å²) in [6, 6.07) is 23.8. The van der Waals surface area contributed by atoms with Crippen LogP contribution in [0.15, 0.2) is 83.8 Å². The van der Waals surface area contributed by atoms with Crippen molar-refractivity contribution in [2.24, 2.45) is 0 Å². The highest BCUT2D eigenvalue weighted by atomic mass is 32.2. The molecule has 0 saturated heterocycles. The molecule has 0 heterocycles. The minimum absolute atomic E-state index is 0.609. The smallest absolute Gasteiger partial charge is 0.119 e. The monoisotopic (exact) mass is 470 g/mol. The summed E-state index contributed by atoms with van der Waals surface area (Å²) in [5.41, 5.74) is 8.80. The second-order valence-electron chi connectivity index (χ2n) is 9.48. The highest BCUT2D eigenvalue weighted by Gasteiger charge is 2.23. The molecule has 3 aromatic carbocycles. The van der Waals surface area contributed by atoms with Crippen LogP contribution in [0.1, 0.15) is 79.7 Å². The highest BCUT2D eigenvalue weighted by molar-refractivity contribution is 7.98. The first-order valence-corrected chi connectivity index (χ1v) is 13.9. The van der Waals surface area contributed by atoms with E-state index in [9.17, 15) is 0 Å². The van der Waals surface area contributed by atoms with Crippen LogP contribution in [0.5, 0.6) is 5.75 Å². The van der Waals surface area contributed by atoms with Crippen molar-refractivity contribution in [2.45, 2.75) is 82.0 Å². The summed E-state index contributed by atoms with van der Waals surface area (Å²) in [6.45, 7) is 9.55. The Morgan fingerprint density at radius 2 is 1.68 bits per heavy atom. The van der Waals surface area contributed by atoms with Crippen molar-refractivity contribution in [2.75, 3.05) is 0 Å². The minimum atomic E-state index is 0.609. The molecule has 1 aliphatic rings. The second-order valence-corrected chi connectivity index (χ2v) is 10.5. The molecule has 1 atom stereocenters. The summed E-state index contributed by atoms with van der Waals surface area (Å²) < 4.78 is 5.95. The van der Waals surface area contributed by atoms with E-state index in [1.165, 1.54) is 53.7 Å².